The van der Waals surface area contributed by atoms with Gasteiger partial charge in [-0.1, -0.05) is 18.2 Å². The second kappa shape index (κ2) is 5.25. The summed E-state index contributed by atoms with van der Waals surface area (Å²) in [5.74, 6) is -1.41. The van der Waals surface area contributed by atoms with Crippen LogP contribution >= 0.6 is 0 Å². The fourth-order valence-electron chi connectivity index (χ4n) is 2.61. The van der Waals surface area contributed by atoms with E-state index in [1.165, 1.54) is 0 Å². The molecule has 20 heavy (non-hydrogen) atoms. The van der Waals surface area contributed by atoms with E-state index in [-0.39, 0.29) is 19.0 Å². The predicted molar refractivity (Wildman–Crippen MR) is 74.6 cm³/mol. The smallest absolute Gasteiger partial charge is 0.308 e. The van der Waals surface area contributed by atoms with Crippen molar-refractivity contribution in [2.75, 3.05) is 18.0 Å². The minimum Gasteiger partial charge on any atom is -0.481 e. The molecule has 5 heteroatoms. The molecule has 1 aliphatic heterocycles. The SMILES string of the molecule is O=C(O)C1Cc2ccccc2N(C(=O)CNC2CC2)C1. The summed E-state index contributed by atoms with van der Waals surface area (Å²) in [5.41, 5.74) is 1.79. The van der Waals surface area contributed by atoms with Gasteiger partial charge in [0.25, 0.3) is 0 Å². The molecule has 0 spiro atoms. The molecule has 106 valence electrons. The molecule has 0 aromatic heterocycles. The monoisotopic (exact) mass is 274 g/mol. The van der Waals surface area contributed by atoms with Crippen LogP contribution in [0.1, 0.15) is 18.4 Å². The van der Waals surface area contributed by atoms with Crippen molar-refractivity contribution in [3.63, 3.8) is 0 Å². The molecule has 1 heterocycles. The summed E-state index contributed by atoms with van der Waals surface area (Å²) in [5, 5.41) is 12.4. The van der Waals surface area contributed by atoms with E-state index in [2.05, 4.69) is 5.32 Å². The standard InChI is InChI=1S/C15H18N2O3/c18-14(8-16-12-5-6-12)17-9-11(15(19)20)7-10-3-1-2-4-13(10)17/h1-4,11-12,16H,5-9H2,(H,19,20). The number of fused-ring (bicyclic) bond motifs is 1. The molecule has 2 N–H and O–H groups in total. The Morgan fingerprint density at radius 1 is 1.30 bits per heavy atom. The second-order valence-corrected chi connectivity index (χ2v) is 5.53. The number of hydrogen-bond acceptors (Lipinski definition) is 3. The van der Waals surface area contributed by atoms with E-state index >= 15 is 0 Å². The lowest BCUT2D eigenvalue weighted by atomic mass is 9.92. The molecule has 1 aliphatic carbocycles. The molecule has 0 bridgehead atoms. The lowest BCUT2D eigenvalue weighted by Crippen LogP contribution is -2.46. The van der Waals surface area contributed by atoms with Gasteiger partial charge >= 0.3 is 5.97 Å². The highest BCUT2D eigenvalue weighted by atomic mass is 16.4. The van der Waals surface area contributed by atoms with E-state index in [1.54, 1.807) is 4.90 Å². The Balaban J connectivity index is 1.79. The topological polar surface area (TPSA) is 69.6 Å². The third-order valence-electron chi connectivity index (χ3n) is 3.92. The van der Waals surface area contributed by atoms with Crippen molar-refractivity contribution in [1.29, 1.82) is 0 Å². The van der Waals surface area contributed by atoms with Crippen LogP contribution < -0.4 is 10.2 Å². The molecule has 1 saturated carbocycles. The van der Waals surface area contributed by atoms with Gasteiger partial charge < -0.3 is 15.3 Å². The van der Waals surface area contributed by atoms with Crippen molar-refractivity contribution >= 4 is 17.6 Å². The summed E-state index contributed by atoms with van der Waals surface area (Å²) in [6.45, 7) is 0.545. The Morgan fingerprint density at radius 3 is 2.75 bits per heavy atom. The van der Waals surface area contributed by atoms with Crippen LogP contribution in [0.25, 0.3) is 0 Å². The van der Waals surface area contributed by atoms with Crippen molar-refractivity contribution in [2.45, 2.75) is 25.3 Å². The van der Waals surface area contributed by atoms with E-state index in [9.17, 15) is 14.7 Å². The van der Waals surface area contributed by atoms with Crippen molar-refractivity contribution in [1.82, 2.24) is 5.32 Å². The van der Waals surface area contributed by atoms with E-state index in [0.717, 1.165) is 24.1 Å². The van der Waals surface area contributed by atoms with E-state index < -0.39 is 11.9 Å². The largest absolute Gasteiger partial charge is 0.481 e. The van der Waals surface area contributed by atoms with Crippen molar-refractivity contribution in [3.05, 3.63) is 29.8 Å². The number of carbonyl (C=O) groups is 2. The van der Waals surface area contributed by atoms with Crippen LogP contribution in [-0.4, -0.2) is 36.1 Å². The number of rotatable bonds is 4. The maximum Gasteiger partial charge on any atom is 0.308 e. The van der Waals surface area contributed by atoms with Gasteiger partial charge in [0, 0.05) is 18.3 Å². The minimum absolute atomic E-state index is 0.0460. The van der Waals surface area contributed by atoms with Gasteiger partial charge in [-0.05, 0) is 30.9 Å². The number of nitrogens with zero attached hydrogens (tertiary/aromatic N) is 1. The van der Waals surface area contributed by atoms with Gasteiger partial charge in [-0.3, -0.25) is 9.59 Å². The fraction of sp³-hybridized carbons (Fsp3) is 0.467. The normalized spacial score (nSPS) is 21.4. The van der Waals surface area contributed by atoms with Crippen LogP contribution in [0.4, 0.5) is 5.69 Å². The third-order valence-corrected chi connectivity index (χ3v) is 3.92. The van der Waals surface area contributed by atoms with E-state index in [0.29, 0.717) is 12.5 Å². The molecule has 0 radical (unpaired) electrons. The fourth-order valence-corrected chi connectivity index (χ4v) is 2.61. The first-order chi connectivity index (χ1) is 9.65. The summed E-state index contributed by atoms with van der Waals surface area (Å²) >= 11 is 0. The summed E-state index contributed by atoms with van der Waals surface area (Å²) in [6.07, 6.45) is 2.74. The molecule has 2 aliphatic rings. The average molecular weight is 274 g/mol. The number of carboxylic acid groups (broad SMARTS) is 1. The van der Waals surface area contributed by atoms with Crippen molar-refractivity contribution < 1.29 is 14.7 Å². The van der Waals surface area contributed by atoms with Crippen LogP contribution in [0.15, 0.2) is 24.3 Å². The number of benzene rings is 1. The summed E-state index contributed by atoms with van der Waals surface area (Å²) in [6, 6.07) is 8.03. The second-order valence-electron chi connectivity index (χ2n) is 5.53. The first kappa shape index (κ1) is 13.1. The summed E-state index contributed by atoms with van der Waals surface area (Å²) in [4.78, 5) is 25.2. The van der Waals surface area contributed by atoms with Gasteiger partial charge in [0.1, 0.15) is 0 Å². The number of aliphatic carboxylic acids is 1. The van der Waals surface area contributed by atoms with Crippen LogP contribution in [0.2, 0.25) is 0 Å². The van der Waals surface area contributed by atoms with Crippen molar-refractivity contribution in [3.8, 4) is 0 Å². The highest BCUT2D eigenvalue weighted by Crippen LogP contribution is 2.30. The number of amides is 1. The van der Waals surface area contributed by atoms with E-state index in [1.807, 2.05) is 24.3 Å². The van der Waals surface area contributed by atoms with Gasteiger partial charge in [-0.25, -0.2) is 0 Å². The van der Waals surface area contributed by atoms with Crippen LogP contribution in [-0.2, 0) is 16.0 Å². The highest BCUT2D eigenvalue weighted by molar-refractivity contribution is 5.97. The van der Waals surface area contributed by atoms with Gasteiger partial charge in [0.05, 0.1) is 12.5 Å². The molecular formula is C15H18N2O3. The number of para-hydroxylation sites is 1. The number of carboxylic acids is 1. The number of nitrogens with one attached hydrogen (secondary N) is 1. The molecule has 1 fully saturated rings. The van der Waals surface area contributed by atoms with E-state index in [4.69, 9.17) is 0 Å². The number of hydrogen-bond donors (Lipinski definition) is 2. The highest BCUT2D eigenvalue weighted by Gasteiger charge is 2.32. The number of anilines is 1. The molecule has 5 nitrogen and oxygen atoms in total. The molecule has 1 amide bonds. The molecule has 1 aromatic rings. The first-order valence-electron chi connectivity index (χ1n) is 6.99. The zero-order valence-electron chi connectivity index (χ0n) is 11.2. The predicted octanol–water partition coefficient (Wildman–Crippen LogP) is 1.03. The summed E-state index contributed by atoms with van der Waals surface area (Å²) < 4.78 is 0. The molecular weight excluding hydrogens is 256 g/mol. The molecule has 1 unspecified atom stereocenters. The van der Waals surface area contributed by atoms with Crippen LogP contribution in [0.5, 0.6) is 0 Å². The maximum absolute atomic E-state index is 12.3. The first-order valence-corrected chi connectivity index (χ1v) is 6.99. The van der Waals surface area contributed by atoms with Gasteiger partial charge in [0.2, 0.25) is 5.91 Å². The van der Waals surface area contributed by atoms with Crippen LogP contribution in [0.3, 0.4) is 0 Å². The lowest BCUT2D eigenvalue weighted by Gasteiger charge is -2.33. The Morgan fingerprint density at radius 2 is 2.05 bits per heavy atom. The molecule has 1 aromatic carbocycles. The number of carbonyl (C=O) groups excluding carboxylic acids is 1. The third kappa shape index (κ3) is 2.67. The Kier molecular flexibility index (Phi) is 3.44. The Labute approximate surface area is 117 Å². The Hall–Kier alpha value is -1.88. The average Bonchev–Trinajstić information content (AvgIpc) is 3.27. The zero-order chi connectivity index (χ0) is 14.1. The maximum atomic E-state index is 12.3. The molecule has 3 rings (SSSR count). The van der Waals surface area contributed by atoms with Crippen LogP contribution in [0, 0.1) is 5.92 Å². The Bertz CT molecular complexity index is 540. The quantitative estimate of drug-likeness (QED) is 0.860. The van der Waals surface area contributed by atoms with Gasteiger partial charge in [0.15, 0.2) is 0 Å². The minimum atomic E-state index is -0.840. The summed E-state index contributed by atoms with van der Waals surface area (Å²) in [7, 11) is 0. The molecule has 1 atom stereocenters. The van der Waals surface area contributed by atoms with Gasteiger partial charge in [-0.15, -0.1) is 0 Å². The van der Waals surface area contributed by atoms with Gasteiger partial charge in [-0.2, -0.15) is 0 Å². The lowest BCUT2D eigenvalue weighted by molar-refractivity contribution is -0.141. The molecule has 0 saturated heterocycles. The zero-order valence-corrected chi connectivity index (χ0v) is 11.2. The van der Waals surface area contributed by atoms with Crippen molar-refractivity contribution in [2.24, 2.45) is 5.92 Å².